The maximum atomic E-state index is 11.4. The highest BCUT2D eigenvalue weighted by Gasteiger charge is 2.18. The van der Waals surface area contributed by atoms with Gasteiger partial charge in [-0.25, -0.2) is 0 Å². The quantitative estimate of drug-likeness (QED) is 0.617. The second kappa shape index (κ2) is 7.70. The molecule has 0 fully saturated rings. The maximum absolute atomic E-state index is 11.4. The highest BCUT2D eigenvalue weighted by atomic mass is 35.5. The molecule has 0 amide bonds. The van der Waals surface area contributed by atoms with Crippen molar-refractivity contribution in [1.29, 1.82) is 0 Å². The predicted octanol–water partition coefficient (Wildman–Crippen LogP) is 4.91. The Morgan fingerprint density at radius 2 is 1.85 bits per heavy atom. The van der Waals surface area contributed by atoms with Crippen molar-refractivity contribution in [3.63, 3.8) is 0 Å². The number of halogens is 1. The number of carbonyl (C=O) groups is 1. The van der Waals surface area contributed by atoms with E-state index in [2.05, 4.69) is 4.98 Å². The summed E-state index contributed by atoms with van der Waals surface area (Å²) >= 11 is 6.29. The molecule has 1 heterocycles. The Hall–Kier alpha value is -2.66. The van der Waals surface area contributed by atoms with Crippen LogP contribution in [-0.4, -0.2) is 29.3 Å². The molecular formula is C20H20ClNO4. The van der Waals surface area contributed by atoms with Crippen LogP contribution in [0.1, 0.15) is 19.4 Å². The van der Waals surface area contributed by atoms with Gasteiger partial charge in [0.05, 0.1) is 35.9 Å². The van der Waals surface area contributed by atoms with Gasteiger partial charge in [0.25, 0.3) is 0 Å². The highest BCUT2D eigenvalue weighted by Crippen LogP contribution is 2.38. The fourth-order valence-electron chi connectivity index (χ4n) is 3.03. The Balaban J connectivity index is 2.19. The van der Waals surface area contributed by atoms with Crippen molar-refractivity contribution in [3.05, 3.63) is 47.0 Å². The number of aliphatic carboxylic acids is 1. The van der Waals surface area contributed by atoms with Gasteiger partial charge >= 0.3 is 5.97 Å². The SMILES string of the molecule is CCOc1ccc(-c2[nH]c3c(Cl)cccc3c2CC(=O)O)cc1OCC. The number of aromatic nitrogens is 1. The molecule has 0 atom stereocenters. The van der Waals surface area contributed by atoms with E-state index in [1.54, 1.807) is 6.07 Å². The van der Waals surface area contributed by atoms with Gasteiger partial charge in [0, 0.05) is 10.9 Å². The van der Waals surface area contributed by atoms with Crippen LogP contribution in [0.15, 0.2) is 36.4 Å². The first kappa shape index (κ1) is 18.1. The summed E-state index contributed by atoms with van der Waals surface area (Å²) < 4.78 is 11.3. The smallest absolute Gasteiger partial charge is 0.307 e. The predicted molar refractivity (Wildman–Crippen MR) is 102 cm³/mol. The molecule has 1 aromatic heterocycles. The average molecular weight is 374 g/mol. The van der Waals surface area contributed by atoms with E-state index in [0.29, 0.717) is 35.3 Å². The summed E-state index contributed by atoms with van der Waals surface area (Å²) in [6, 6.07) is 11.0. The fraction of sp³-hybridized carbons (Fsp3) is 0.250. The molecule has 3 aromatic rings. The molecule has 0 aliphatic heterocycles. The summed E-state index contributed by atoms with van der Waals surface area (Å²) in [5, 5.41) is 10.7. The highest BCUT2D eigenvalue weighted by molar-refractivity contribution is 6.35. The first-order valence-corrected chi connectivity index (χ1v) is 8.83. The molecule has 6 heteroatoms. The molecule has 0 aliphatic rings. The lowest BCUT2D eigenvalue weighted by molar-refractivity contribution is -0.136. The molecule has 136 valence electrons. The van der Waals surface area contributed by atoms with E-state index in [-0.39, 0.29) is 6.42 Å². The number of rotatable bonds is 7. The summed E-state index contributed by atoms with van der Waals surface area (Å²) in [5.74, 6) is 0.382. The number of hydrogen-bond donors (Lipinski definition) is 2. The third kappa shape index (κ3) is 3.48. The second-order valence-electron chi connectivity index (χ2n) is 5.74. The van der Waals surface area contributed by atoms with Crippen LogP contribution in [0.3, 0.4) is 0 Å². The van der Waals surface area contributed by atoms with Crippen LogP contribution in [0, 0.1) is 0 Å². The summed E-state index contributed by atoms with van der Waals surface area (Å²) in [6.07, 6.45) is -0.104. The first-order chi connectivity index (χ1) is 12.5. The van der Waals surface area contributed by atoms with Gasteiger partial charge in [-0.3, -0.25) is 4.79 Å². The van der Waals surface area contributed by atoms with E-state index in [1.165, 1.54) is 0 Å². The summed E-state index contributed by atoms with van der Waals surface area (Å²) in [6.45, 7) is 4.85. The van der Waals surface area contributed by atoms with Gasteiger partial charge in [-0.05, 0) is 43.7 Å². The van der Waals surface area contributed by atoms with E-state index in [4.69, 9.17) is 21.1 Å². The van der Waals surface area contributed by atoms with Crippen molar-refractivity contribution < 1.29 is 19.4 Å². The van der Waals surface area contributed by atoms with E-state index in [1.807, 2.05) is 44.2 Å². The van der Waals surface area contributed by atoms with Gasteiger partial charge in [0.15, 0.2) is 11.5 Å². The van der Waals surface area contributed by atoms with Crippen LogP contribution in [-0.2, 0) is 11.2 Å². The van der Waals surface area contributed by atoms with Crippen LogP contribution < -0.4 is 9.47 Å². The zero-order valence-corrected chi connectivity index (χ0v) is 15.4. The van der Waals surface area contributed by atoms with Gasteiger partial charge in [-0.1, -0.05) is 23.7 Å². The van der Waals surface area contributed by atoms with Gasteiger partial charge in [0.1, 0.15) is 0 Å². The zero-order chi connectivity index (χ0) is 18.7. The minimum Gasteiger partial charge on any atom is -0.490 e. The van der Waals surface area contributed by atoms with Crippen molar-refractivity contribution in [2.24, 2.45) is 0 Å². The number of carboxylic acid groups (broad SMARTS) is 1. The lowest BCUT2D eigenvalue weighted by Gasteiger charge is -2.12. The molecule has 3 rings (SSSR count). The normalized spacial score (nSPS) is 10.9. The number of carboxylic acids is 1. The molecule has 2 N–H and O–H groups in total. The largest absolute Gasteiger partial charge is 0.490 e. The molecule has 0 bridgehead atoms. The third-order valence-corrected chi connectivity index (χ3v) is 4.37. The molecule has 0 saturated heterocycles. The zero-order valence-electron chi connectivity index (χ0n) is 14.6. The van der Waals surface area contributed by atoms with Crippen LogP contribution in [0.5, 0.6) is 11.5 Å². The monoisotopic (exact) mass is 373 g/mol. The third-order valence-electron chi connectivity index (χ3n) is 4.05. The molecule has 0 unspecified atom stereocenters. The second-order valence-corrected chi connectivity index (χ2v) is 6.15. The van der Waals surface area contributed by atoms with E-state index < -0.39 is 5.97 Å². The molecule has 0 saturated carbocycles. The van der Waals surface area contributed by atoms with Gasteiger partial charge < -0.3 is 19.6 Å². The van der Waals surface area contributed by atoms with Crippen molar-refractivity contribution >= 4 is 28.5 Å². The van der Waals surface area contributed by atoms with Crippen LogP contribution in [0.25, 0.3) is 22.2 Å². The van der Waals surface area contributed by atoms with Crippen LogP contribution in [0.2, 0.25) is 5.02 Å². The van der Waals surface area contributed by atoms with Crippen LogP contribution >= 0.6 is 11.6 Å². The Morgan fingerprint density at radius 3 is 2.54 bits per heavy atom. The molecule has 0 spiro atoms. The number of benzene rings is 2. The Labute approximate surface area is 156 Å². The average Bonchev–Trinajstić information content (AvgIpc) is 2.96. The molecule has 2 aromatic carbocycles. The topological polar surface area (TPSA) is 71.6 Å². The maximum Gasteiger partial charge on any atom is 0.307 e. The summed E-state index contributed by atoms with van der Waals surface area (Å²) in [7, 11) is 0. The van der Waals surface area contributed by atoms with Crippen LogP contribution in [0.4, 0.5) is 0 Å². The lowest BCUT2D eigenvalue weighted by Crippen LogP contribution is -2.02. The number of fused-ring (bicyclic) bond motifs is 1. The molecule has 0 radical (unpaired) electrons. The Morgan fingerprint density at radius 1 is 1.12 bits per heavy atom. The lowest BCUT2D eigenvalue weighted by atomic mass is 10.0. The molecule has 5 nitrogen and oxygen atoms in total. The molecule has 0 aliphatic carbocycles. The number of para-hydroxylation sites is 1. The summed E-state index contributed by atoms with van der Waals surface area (Å²) in [5.41, 5.74) is 2.97. The van der Waals surface area contributed by atoms with Crippen molar-refractivity contribution in [3.8, 4) is 22.8 Å². The van der Waals surface area contributed by atoms with Crippen molar-refractivity contribution in [2.75, 3.05) is 13.2 Å². The molecule has 26 heavy (non-hydrogen) atoms. The number of hydrogen-bond acceptors (Lipinski definition) is 3. The fourth-order valence-corrected chi connectivity index (χ4v) is 3.25. The number of ether oxygens (including phenoxy) is 2. The summed E-state index contributed by atoms with van der Waals surface area (Å²) in [4.78, 5) is 14.7. The van der Waals surface area contributed by atoms with Gasteiger partial charge in [0.2, 0.25) is 0 Å². The minimum atomic E-state index is -0.900. The van der Waals surface area contributed by atoms with E-state index >= 15 is 0 Å². The van der Waals surface area contributed by atoms with Crippen molar-refractivity contribution in [2.45, 2.75) is 20.3 Å². The molecular weight excluding hydrogens is 354 g/mol. The number of H-pyrrole nitrogens is 1. The number of nitrogens with one attached hydrogen (secondary N) is 1. The Kier molecular flexibility index (Phi) is 5.38. The first-order valence-electron chi connectivity index (χ1n) is 8.46. The van der Waals surface area contributed by atoms with Gasteiger partial charge in [-0.2, -0.15) is 0 Å². The Bertz CT molecular complexity index is 948. The number of aromatic amines is 1. The standard InChI is InChI=1S/C20H20ClNO4/c1-3-25-16-9-8-12(10-17(16)26-4-2)19-14(11-18(23)24)13-6-5-7-15(21)20(13)22-19/h5-10,22H,3-4,11H2,1-2H3,(H,23,24). The van der Waals surface area contributed by atoms with E-state index in [9.17, 15) is 9.90 Å². The van der Waals surface area contributed by atoms with E-state index in [0.717, 1.165) is 22.2 Å². The van der Waals surface area contributed by atoms with Gasteiger partial charge in [-0.15, -0.1) is 0 Å². The van der Waals surface area contributed by atoms with Crippen molar-refractivity contribution in [1.82, 2.24) is 4.98 Å². The minimum absolute atomic E-state index is 0.104.